The van der Waals surface area contributed by atoms with E-state index in [4.69, 9.17) is 4.98 Å². The van der Waals surface area contributed by atoms with Crippen LogP contribution in [0.4, 0.5) is 0 Å². The summed E-state index contributed by atoms with van der Waals surface area (Å²) >= 11 is 0. The molecule has 3 heteroatoms. The van der Waals surface area contributed by atoms with Gasteiger partial charge in [0.1, 0.15) is 5.82 Å². The third kappa shape index (κ3) is 3.52. The van der Waals surface area contributed by atoms with E-state index in [-0.39, 0.29) is 5.54 Å². The van der Waals surface area contributed by atoms with Gasteiger partial charge in [-0.3, -0.25) is 0 Å². The Morgan fingerprint density at radius 1 is 1.28 bits per heavy atom. The van der Waals surface area contributed by atoms with Gasteiger partial charge in [0.15, 0.2) is 0 Å². The van der Waals surface area contributed by atoms with E-state index in [1.165, 1.54) is 31.2 Å². The lowest BCUT2D eigenvalue weighted by molar-refractivity contribution is 0.419. The highest BCUT2D eigenvalue weighted by molar-refractivity contribution is 5.17. The van der Waals surface area contributed by atoms with Gasteiger partial charge in [0, 0.05) is 24.2 Å². The van der Waals surface area contributed by atoms with Gasteiger partial charge in [0.2, 0.25) is 0 Å². The molecule has 0 aromatic carbocycles. The van der Waals surface area contributed by atoms with Crippen molar-refractivity contribution >= 4 is 0 Å². The normalized spacial score (nSPS) is 17.3. The molecule has 1 aliphatic rings. The molecular weight excluding hydrogens is 222 g/mol. The fourth-order valence-corrected chi connectivity index (χ4v) is 2.40. The van der Waals surface area contributed by atoms with Crippen molar-refractivity contribution in [2.45, 2.75) is 71.4 Å². The molecule has 1 aromatic rings. The van der Waals surface area contributed by atoms with Gasteiger partial charge < -0.3 is 5.32 Å². The second-order valence-electron chi connectivity index (χ2n) is 6.44. The zero-order chi connectivity index (χ0) is 13.2. The van der Waals surface area contributed by atoms with Crippen molar-refractivity contribution < 1.29 is 0 Å². The summed E-state index contributed by atoms with van der Waals surface area (Å²) < 4.78 is 0. The van der Waals surface area contributed by atoms with Crippen LogP contribution in [0.3, 0.4) is 0 Å². The Bertz CT molecular complexity index is 401. The van der Waals surface area contributed by atoms with Crippen LogP contribution in [0.15, 0.2) is 6.20 Å². The maximum atomic E-state index is 4.78. The highest BCUT2D eigenvalue weighted by Crippen LogP contribution is 2.32. The lowest BCUT2D eigenvalue weighted by atomic mass is 10.1. The van der Waals surface area contributed by atoms with Crippen molar-refractivity contribution in [3.8, 4) is 0 Å². The molecule has 1 N–H and O–H groups in total. The summed E-state index contributed by atoms with van der Waals surface area (Å²) in [5, 5.41) is 3.51. The number of aromatic nitrogens is 2. The van der Waals surface area contributed by atoms with Crippen LogP contribution in [0.2, 0.25) is 0 Å². The Morgan fingerprint density at radius 2 is 1.94 bits per heavy atom. The summed E-state index contributed by atoms with van der Waals surface area (Å²) in [4.78, 5) is 9.31. The Labute approximate surface area is 110 Å². The van der Waals surface area contributed by atoms with Crippen molar-refractivity contribution in [1.29, 1.82) is 0 Å². The Morgan fingerprint density at radius 3 is 2.56 bits per heavy atom. The minimum absolute atomic E-state index is 0.130. The van der Waals surface area contributed by atoms with Gasteiger partial charge in [0.05, 0.1) is 5.69 Å². The highest BCUT2D eigenvalue weighted by Gasteiger charge is 2.20. The number of nitrogens with zero attached hydrogens (tertiary/aromatic N) is 2. The molecule has 0 amide bonds. The smallest absolute Gasteiger partial charge is 0.131 e. The maximum absolute atomic E-state index is 4.78. The monoisotopic (exact) mass is 247 g/mol. The van der Waals surface area contributed by atoms with Crippen LogP contribution < -0.4 is 5.32 Å². The Balaban J connectivity index is 2.11. The number of rotatable bonds is 3. The number of aryl methyl sites for hydroxylation is 1. The van der Waals surface area contributed by atoms with Gasteiger partial charge in [0.25, 0.3) is 0 Å². The van der Waals surface area contributed by atoms with Gasteiger partial charge in [-0.15, -0.1) is 0 Å². The average Bonchev–Trinajstić information content (AvgIpc) is 2.80. The molecule has 0 saturated heterocycles. The van der Waals surface area contributed by atoms with Crippen molar-refractivity contribution in [1.82, 2.24) is 15.3 Å². The predicted octanol–water partition coefficient (Wildman–Crippen LogP) is 3.33. The van der Waals surface area contributed by atoms with E-state index in [9.17, 15) is 0 Å². The Hall–Kier alpha value is -0.960. The van der Waals surface area contributed by atoms with Crippen LogP contribution in [-0.4, -0.2) is 15.5 Å². The lowest BCUT2D eigenvalue weighted by Gasteiger charge is -2.21. The van der Waals surface area contributed by atoms with E-state index in [0.29, 0.717) is 5.92 Å². The van der Waals surface area contributed by atoms with Crippen molar-refractivity contribution in [3.63, 3.8) is 0 Å². The quantitative estimate of drug-likeness (QED) is 0.890. The molecule has 3 nitrogen and oxygen atoms in total. The molecule has 1 aliphatic carbocycles. The van der Waals surface area contributed by atoms with Gasteiger partial charge in [-0.1, -0.05) is 12.8 Å². The first kappa shape index (κ1) is 13.5. The van der Waals surface area contributed by atoms with E-state index < -0.39 is 0 Å². The summed E-state index contributed by atoms with van der Waals surface area (Å²) in [7, 11) is 0. The molecule has 18 heavy (non-hydrogen) atoms. The average molecular weight is 247 g/mol. The summed E-state index contributed by atoms with van der Waals surface area (Å²) in [5.74, 6) is 1.66. The summed E-state index contributed by atoms with van der Waals surface area (Å²) in [6.07, 6.45) is 7.17. The first-order valence-corrected chi connectivity index (χ1v) is 7.03. The standard InChI is InChI=1S/C15H25N3/c1-11-9-16-14(12-7-5-6-8-12)18-13(11)10-17-15(2,3)4/h9,12,17H,5-8,10H2,1-4H3. The van der Waals surface area contributed by atoms with Crippen LogP contribution in [-0.2, 0) is 6.54 Å². The largest absolute Gasteiger partial charge is 0.306 e. The van der Waals surface area contributed by atoms with Crippen LogP contribution in [0.25, 0.3) is 0 Å². The molecular formula is C15H25N3. The highest BCUT2D eigenvalue weighted by atomic mass is 15.0. The second kappa shape index (κ2) is 5.35. The molecule has 100 valence electrons. The SMILES string of the molecule is Cc1cnc(C2CCCC2)nc1CNC(C)(C)C. The molecule has 0 unspecified atom stereocenters. The molecule has 0 spiro atoms. The van der Waals surface area contributed by atoms with Crippen molar-refractivity contribution in [3.05, 3.63) is 23.3 Å². The maximum Gasteiger partial charge on any atom is 0.131 e. The fraction of sp³-hybridized carbons (Fsp3) is 0.733. The molecule has 0 aliphatic heterocycles. The number of nitrogens with one attached hydrogen (secondary N) is 1. The van der Waals surface area contributed by atoms with E-state index >= 15 is 0 Å². The van der Waals surface area contributed by atoms with Gasteiger partial charge in [-0.25, -0.2) is 9.97 Å². The van der Waals surface area contributed by atoms with Gasteiger partial charge >= 0.3 is 0 Å². The van der Waals surface area contributed by atoms with Gasteiger partial charge in [-0.2, -0.15) is 0 Å². The van der Waals surface area contributed by atoms with E-state index in [2.05, 4.69) is 38.0 Å². The first-order valence-electron chi connectivity index (χ1n) is 7.03. The predicted molar refractivity (Wildman–Crippen MR) is 74.6 cm³/mol. The third-order valence-corrected chi connectivity index (χ3v) is 3.60. The summed E-state index contributed by atoms with van der Waals surface area (Å²) in [6.45, 7) is 9.47. The third-order valence-electron chi connectivity index (χ3n) is 3.60. The Kier molecular flexibility index (Phi) is 4.00. The summed E-state index contributed by atoms with van der Waals surface area (Å²) in [6, 6.07) is 0. The molecule has 2 rings (SSSR count). The van der Waals surface area contributed by atoms with E-state index in [0.717, 1.165) is 18.1 Å². The number of hydrogen-bond donors (Lipinski definition) is 1. The van der Waals surface area contributed by atoms with Crippen LogP contribution in [0.1, 0.15) is 69.5 Å². The van der Waals surface area contributed by atoms with Gasteiger partial charge in [-0.05, 0) is 46.1 Å². The molecule has 1 fully saturated rings. The minimum atomic E-state index is 0.130. The lowest BCUT2D eigenvalue weighted by Crippen LogP contribution is -2.35. The van der Waals surface area contributed by atoms with E-state index in [1.807, 2.05) is 6.20 Å². The summed E-state index contributed by atoms with van der Waals surface area (Å²) in [5.41, 5.74) is 2.47. The van der Waals surface area contributed by atoms with Crippen molar-refractivity contribution in [2.24, 2.45) is 0 Å². The molecule has 1 heterocycles. The van der Waals surface area contributed by atoms with Crippen LogP contribution >= 0.6 is 0 Å². The zero-order valence-electron chi connectivity index (χ0n) is 12.1. The minimum Gasteiger partial charge on any atom is -0.306 e. The topological polar surface area (TPSA) is 37.8 Å². The molecule has 0 radical (unpaired) electrons. The van der Waals surface area contributed by atoms with Crippen molar-refractivity contribution in [2.75, 3.05) is 0 Å². The molecule has 1 aromatic heterocycles. The number of hydrogen-bond acceptors (Lipinski definition) is 3. The molecule has 1 saturated carbocycles. The zero-order valence-corrected chi connectivity index (χ0v) is 12.1. The fourth-order valence-electron chi connectivity index (χ4n) is 2.40. The van der Waals surface area contributed by atoms with E-state index in [1.54, 1.807) is 0 Å². The second-order valence-corrected chi connectivity index (χ2v) is 6.44. The molecule has 0 bridgehead atoms. The van der Waals surface area contributed by atoms with Crippen LogP contribution in [0.5, 0.6) is 0 Å². The molecule has 0 atom stereocenters. The first-order chi connectivity index (χ1) is 8.46. The van der Waals surface area contributed by atoms with Crippen LogP contribution in [0, 0.1) is 6.92 Å².